The van der Waals surface area contributed by atoms with Crippen LogP contribution in [0.1, 0.15) is 44.7 Å². The second-order valence-electron chi connectivity index (χ2n) is 7.77. The highest BCUT2D eigenvalue weighted by molar-refractivity contribution is 5.87. The zero-order valence-corrected chi connectivity index (χ0v) is 15.8. The largest absolute Gasteiger partial charge is 0.355 e. The summed E-state index contributed by atoms with van der Waals surface area (Å²) in [5.74, 6) is -0.201. The maximum atomic E-state index is 14.2. The molecule has 1 spiro atoms. The van der Waals surface area contributed by atoms with Crippen LogP contribution in [0.25, 0.3) is 10.9 Å². The lowest BCUT2D eigenvalue weighted by Gasteiger charge is -2.44. The van der Waals surface area contributed by atoms with Crippen molar-refractivity contribution < 1.29 is 9.18 Å². The number of carbonyl (C=O) groups excluding carboxylic acids is 1. The standard InChI is InChI=1S/C21H26FN3O2/c1-2-10-24-11-4-8-21(20(24)27)9-5-12-25(21)14-15-13-18(26)16-6-3-7-17(22)19(16)23-15/h3,6-7,13H,2,4-5,8-12,14H2,1H3,(H,23,26). The van der Waals surface area contributed by atoms with E-state index in [9.17, 15) is 14.0 Å². The Morgan fingerprint density at radius 2 is 1.96 bits per heavy atom. The van der Waals surface area contributed by atoms with Crippen LogP contribution in [0, 0.1) is 5.82 Å². The summed E-state index contributed by atoms with van der Waals surface area (Å²) in [5, 5.41) is 0.359. The number of likely N-dealkylation sites (tertiary alicyclic amines) is 2. The average Bonchev–Trinajstić information content (AvgIpc) is 3.03. The van der Waals surface area contributed by atoms with Gasteiger partial charge in [-0.15, -0.1) is 0 Å². The molecule has 3 heterocycles. The van der Waals surface area contributed by atoms with Gasteiger partial charge in [-0.25, -0.2) is 4.39 Å². The van der Waals surface area contributed by atoms with Crippen molar-refractivity contribution in [1.82, 2.24) is 14.8 Å². The summed E-state index contributed by atoms with van der Waals surface area (Å²) >= 11 is 0. The normalized spacial score (nSPS) is 23.6. The van der Waals surface area contributed by atoms with Gasteiger partial charge in [-0.3, -0.25) is 14.5 Å². The Morgan fingerprint density at radius 1 is 1.19 bits per heavy atom. The molecule has 1 aromatic carbocycles. The topological polar surface area (TPSA) is 56.4 Å². The summed E-state index contributed by atoms with van der Waals surface area (Å²) in [7, 11) is 0. The number of para-hydroxylation sites is 1. The van der Waals surface area contributed by atoms with E-state index < -0.39 is 11.4 Å². The van der Waals surface area contributed by atoms with Gasteiger partial charge < -0.3 is 9.88 Å². The van der Waals surface area contributed by atoms with Crippen LogP contribution < -0.4 is 5.43 Å². The van der Waals surface area contributed by atoms with Gasteiger partial charge in [0.05, 0.1) is 5.52 Å². The highest BCUT2D eigenvalue weighted by atomic mass is 19.1. The third-order valence-corrected chi connectivity index (χ3v) is 6.05. The third-order valence-electron chi connectivity index (χ3n) is 6.05. The van der Waals surface area contributed by atoms with E-state index in [0.717, 1.165) is 51.7 Å². The van der Waals surface area contributed by atoms with Gasteiger partial charge in [-0.2, -0.15) is 0 Å². The Bertz CT molecular complexity index is 923. The van der Waals surface area contributed by atoms with Crippen molar-refractivity contribution in [2.75, 3.05) is 19.6 Å². The monoisotopic (exact) mass is 371 g/mol. The van der Waals surface area contributed by atoms with Gasteiger partial charge in [0.2, 0.25) is 5.91 Å². The highest BCUT2D eigenvalue weighted by Crippen LogP contribution is 2.39. The molecule has 1 amide bonds. The number of hydrogen-bond acceptors (Lipinski definition) is 3. The molecule has 1 unspecified atom stereocenters. The van der Waals surface area contributed by atoms with Gasteiger partial charge in [-0.1, -0.05) is 13.0 Å². The van der Waals surface area contributed by atoms with Crippen LogP contribution in [0.3, 0.4) is 0 Å². The molecule has 6 heteroatoms. The van der Waals surface area contributed by atoms with Crippen molar-refractivity contribution in [2.45, 2.75) is 51.1 Å². The van der Waals surface area contributed by atoms with Gasteiger partial charge >= 0.3 is 0 Å². The van der Waals surface area contributed by atoms with Gasteiger partial charge in [0.1, 0.15) is 11.4 Å². The predicted molar refractivity (Wildman–Crippen MR) is 103 cm³/mol. The fourth-order valence-corrected chi connectivity index (χ4v) is 4.82. The Kier molecular flexibility index (Phi) is 4.76. The molecule has 1 N–H and O–H groups in total. The molecule has 2 saturated heterocycles. The molecule has 4 rings (SSSR count). The van der Waals surface area contributed by atoms with Crippen LogP contribution in [-0.2, 0) is 11.3 Å². The molecule has 2 fully saturated rings. The number of benzene rings is 1. The second-order valence-corrected chi connectivity index (χ2v) is 7.77. The number of aromatic amines is 1. The Hall–Kier alpha value is -2.21. The van der Waals surface area contributed by atoms with Crippen LogP contribution in [0.5, 0.6) is 0 Å². The van der Waals surface area contributed by atoms with Crippen LogP contribution in [-0.4, -0.2) is 45.9 Å². The fraction of sp³-hybridized carbons (Fsp3) is 0.524. The summed E-state index contributed by atoms with van der Waals surface area (Å²) in [4.78, 5) is 32.9. The van der Waals surface area contributed by atoms with E-state index in [2.05, 4.69) is 16.8 Å². The van der Waals surface area contributed by atoms with Crippen LogP contribution in [0.15, 0.2) is 29.1 Å². The van der Waals surface area contributed by atoms with Gasteiger partial charge in [0.25, 0.3) is 0 Å². The molecule has 0 saturated carbocycles. The second kappa shape index (κ2) is 7.08. The van der Waals surface area contributed by atoms with Crippen molar-refractivity contribution in [3.05, 3.63) is 46.0 Å². The number of amides is 1. The number of fused-ring (bicyclic) bond motifs is 1. The van der Waals surface area contributed by atoms with E-state index in [1.165, 1.54) is 6.07 Å². The summed E-state index contributed by atoms with van der Waals surface area (Å²) < 4.78 is 14.2. The molecule has 1 aromatic heterocycles. The molecule has 0 bridgehead atoms. The smallest absolute Gasteiger partial charge is 0.243 e. The number of piperidine rings is 1. The van der Waals surface area contributed by atoms with Crippen LogP contribution >= 0.6 is 0 Å². The molecule has 0 aliphatic carbocycles. The first-order valence-electron chi connectivity index (χ1n) is 9.90. The maximum Gasteiger partial charge on any atom is 0.243 e. The molecule has 27 heavy (non-hydrogen) atoms. The molecule has 144 valence electrons. The Morgan fingerprint density at radius 3 is 2.74 bits per heavy atom. The number of nitrogens with one attached hydrogen (secondary N) is 1. The van der Waals surface area contributed by atoms with Crippen LogP contribution in [0.2, 0.25) is 0 Å². The number of pyridine rings is 1. The molecule has 5 nitrogen and oxygen atoms in total. The minimum absolute atomic E-state index is 0.186. The van der Waals surface area contributed by atoms with Crippen molar-refractivity contribution in [3.8, 4) is 0 Å². The van der Waals surface area contributed by atoms with E-state index >= 15 is 0 Å². The Balaban J connectivity index is 1.66. The summed E-state index contributed by atoms with van der Waals surface area (Å²) in [6.45, 7) is 5.01. The van der Waals surface area contributed by atoms with Gasteiger partial charge in [0, 0.05) is 36.8 Å². The molecular formula is C21H26FN3O2. The molecule has 1 atom stereocenters. The number of nitrogens with zero attached hydrogens (tertiary/aromatic N) is 2. The first-order chi connectivity index (χ1) is 13.0. The maximum absolute atomic E-state index is 14.2. The van der Waals surface area contributed by atoms with E-state index in [4.69, 9.17) is 0 Å². The molecule has 0 radical (unpaired) electrons. The number of H-pyrrole nitrogens is 1. The van der Waals surface area contributed by atoms with Crippen LogP contribution in [0.4, 0.5) is 4.39 Å². The molecule has 2 aliphatic rings. The lowest BCUT2D eigenvalue weighted by molar-refractivity contribution is -0.147. The third kappa shape index (κ3) is 3.06. The van der Waals surface area contributed by atoms with E-state index in [-0.39, 0.29) is 16.9 Å². The van der Waals surface area contributed by atoms with Crippen molar-refractivity contribution in [3.63, 3.8) is 0 Å². The Labute approximate surface area is 158 Å². The zero-order valence-electron chi connectivity index (χ0n) is 15.8. The first-order valence-corrected chi connectivity index (χ1v) is 9.90. The number of aromatic nitrogens is 1. The molecular weight excluding hydrogens is 345 g/mol. The van der Waals surface area contributed by atoms with Crippen molar-refractivity contribution in [1.29, 1.82) is 0 Å². The summed E-state index contributed by atoms with van der Waals surface area (Å²) in [5.41, 5.74) is 0.262. The fourth-order valence-electron chi connectivity index (χ4n) is 4.82. The van der Waals surface area contributed by atoms with Crippen molar-refractivity contribution in [2.24, 2.45) is 0 Å². The minimum Gasteiger partial charge on any atom is -0.355 e. The number of carbonyl (C=O) groups is 1. The predicted octanol–water partition coefficient (Wildman–Crippen LogP) is 3.03. The zero-order chi connectivity index (χ0) is 19.0. The number of halogens is 1. The molecule has 2 aromatic rings. The minimum atomic E-state index is -0.464. The van der Waals surface area contributed by atoms with Crippen molar-refractivity contribution >= 4 is 16.8 Å². The van der Waals surface area contributed by atoms with E-state index in [0.29, 0.717) is 17.6 Å². The van der Waals surface area contributed by atoms with E-state index in [1.807, 2.05) is 4.90 Å². The van der Waals surface area contributed by atoms with Gasteiger partial charge in [-0.05, 0) is 50.8 Å². The average molecular weight is 371 g/mol. The summed E-state index contributed by atoms with van der Waals surface area (Å²) in [6, 6.07) is 6.08. The first kappa shape index (κ1) is 18.2. The SMILES string of the molecule is CCCN1CCCC2(CCCN2Cc2cc(=O)c3cccc(F)c3[nH]2)C1=O. The summed E-state index contributed by atoms with van der Waals surface area (Å²) in [6.07, 6.45) is 4.65. The number of hydrogen-bond donors (Lipinski definition) is 1. The van der Waals surface area contributed by atoms with Gasteiger partial charge in [0.15, 0.2) is 5.43 Å². The highest BCUT2D eigenvalue weighted by Gasteiger charge is 2.50. The molecule has 2 aliphatic heterocycles. The number of rotatable bonds is 4. The quantitative estimate of drug-likeness (QED) is 0.899. The lowest BCUT2D eigenvalue weighted by Crippen LogP contribution is -2.59. The lowest BCUT2D eigenvalue weighted by atomic mass is 9.85. The van der Waals surface area contributed by atoms with E-state index in [1.54, 1.807) is 18.2 Å².